The molecule has 0 bridgehead atoms. The number of nitrogens with zero attached hydrogens (tertiary/aromatic N) is 6. The second-order valence-corrected chi connectivity index (χ2v) is 4.94. The Morgan fingerprint density at radius 1 is 1.27 bits per heavy atom. The summed E-state index contributed by atoms with van der Waals surface area (Å²) in [6.07, 6.45) is 1.47. The first-order valence-corrected chi connectivity index (χ1v) is 6.60. The molecular weight excluding hydrogens is 308 g/mol. The lowest BCUT2D eigenvalue weighted by Crippen LogP contribution is -2.02. The van der Waals surface area contributed by atoms with Gasteiger partial charge in [0.1, 0.15) is 0 Å². The van der Waals surface area contributed by atoms with E-state index in [9.17, 15) is 10.1 Å². The van der Waals surface area contributed by atoms with Gasteiger partial charge in [-0.2, -0.15) is 4.68 Å². The van der Waals surface area contributed by atoms with E-state index in [1.54, 1.807) is 31.2 Å². The van der Waals surface area contributed by atoms with Gasteiger partial charge in [-0.15, -0.1) is 5.10 Å². The van der Waals surface area contributed by atoms with Gasteiger partial charge in [-0.3, -0.25) is 10.1 Å². The zero-order valence-electron chi connectivity index (χ0n) is 11.3. The lowest BCUT2D eigenvalue weighted by molar-refractivity contribution is -0.385. The first kappa shape index (κ1) is 14.1. The van der Waals surface area contributed by atoms with Crippen molar-refractivity contribution in [2.75, 3.05) is 0 Å². The van der Waals surface area contributed by atoms with Gasteiger partial charge in [-0.1, -0.05) is 23.7 Å². The average molecular weight is 317 g/mol. The van der Waals surface area contributed by atoms with Crippen molar-refractivity contribution in [3.63, 3.8) is 0 Å². The Labute approximate surface area is 129 Å². The Balaban J connectivity index is 2.11. The van der Waals surface area contributed by atoms with Gasteiger partial charge in [-0.05, 0) is 29.5 Å². The van der Waals surface area contributed by atoms with E-state index in [0.29, 0.717) is 27.8 Å². The number of nitro benzene ring substituents is 1. The van der Waals surface area contributed by atoms with Gasteiger partial charge >= 0.3 is 0 Å². The molecule has 3 aromatic rings. The number of aryl methyl sites for hydroxylation is 1. The highest BCUT2D eigenvalue weighted by Gasteiger charge is 2.17. The SMILES string of the molecule is Cc1ccc(-c2nnnn2-c2ccc(Cl)cn2)cc1[N+](=O)[O-]. The number of aromatic nitrogens is 5. The maximum Gasteiger partial charge on any atom is 0.273 e. The number of pyridine rings is 1. The zero-order valence-corrected chi connectivity index (χ0v) is 12.1. The highest BCUT2D eigenvalue weighted by Crippen LogP contribution is 2.26. The summed E-state index contributed by atoms with van der Waals surface area (Å²) in [4.78, 5) is 14.8. The van der Waals surface area contributed by atoms with Crippen LogP contribution in [0.15, 0.2) is 36.5 Å². The fourth-order valence-electron chi connectivity index (χ4n) is 1.96. The van der Waals surface area contributed by atoms with Crippen LogP contribution in [0.3, 0.4) is 0 Å². The van der Waals surface area contributed by atoms with Crippen LogP contribution < -0.4 is 0 Å². The summed E-state index contributed by atoms with van der Waals surface area (Å²) in [7, 11) is 0. The molecule has 0 spiro atoms. The van der Waals surface area contributed by atoms with Crippen LogP contribution in [0, 0.1) is 17.0 Å². The molecule has 0 aliphatic heterocycles. The van der Waals surface area contributed by atoms with Gasteiger partial charge < -0.3 is 0 Å². The summed E-state index contributed by atoms with van der Waals surface area (Å²) in [5.41, 5.74) is 1.10. The summed E-state index contributed by atoms with van der Waals surface area (Å²) in [6, 6.07) is 8.13. The van der Waals surface area contributed by atoms with E-state index in [0.717, 1.165) is 0 Å². The number of hydrogen-bond acceptors (Lipinski definition) is 6. The molecule has 0 atom stereocenters. The first-order chi connectivity index (χ1) is 10.6. The summed E-state index contributed by atoms with van der Waals surface area (Å²) in [5.74, 6) is 0.825. The van der Waals surface area contributed by atoms with Crippen LogP contribution >= 0.6 is 11.6 Å². The molecule has 22 heavy (non-hydrogen) atoms. The maximum absolute atomic E-state index is 11.1. The normalized spacial score (nSPS) is 10.6. The quantitative estimate of drug-likeness (QED) is 0.544. The Kier molecular flexibility index (Phi) is 3.51. The minimum Gasteiger partial charge on any atom is -0.258 e. The van der Waals surface area contributed by atoms with Crippen LogP contribution in [-0.2, 0) is 0 Å². The smallest absolute Gasteiger partial charge is 0.258 e. The Hall–Kier alpha value is -2.87. The molecule has 0 amide bonds. The van der Waals surface area contributed by atoms with Crippen LogP contribution in [0.2, 0.25) is 5.02 Å². The van der Waals surface area contributed by atoms with Crippen LogP contribution in [-0.4, -0.2) is 30.1 Å². The fraction of sp³-hybridized carbons (Fsp3) is 0.0769. The van der Waals surface area contributed by atoms with E-state index in [1.165, 1.54) is 16.9 Å². The van der Waals surface area contributed by atoms with Crippen molar-refractivity contribution in [1.82, 2.24) is 25.2 Å². The molecule has 0 N–H and O–H groups in total. The summed E-state index contributed by atoms with van der Waals surface area (Å²) < 4.78 is 1.39. The van der Waals surface area contributed by atoms with E-state index in [1.807, 2.05) is 0 Å². The topological polar surface area (TPSA) is 99.6 Å². The van der Waals surface area contributed by atoms with Crippen LogP contribution in [0.1, 0.15) is 5.56 Å². The molecule has 0 aliphatic rings. The van der Waals surface area contributed by atoms with Crippen LogP contribution in [0.4, 0.5) is 5.69 Å². The molecule has 0 saturated carbocycles. The summed E-state index contributed by atoms with van der Waals surface area (Å²) in [5, 5.41) is 23.0. The number of nitro groups is 1. The van der Waals surface area contributed by atoms with Crippen molar-refractivity contribution in [1.29, 1.82) is 0 Å². The van der Waals surface area contributed by atoms with Gasteiger partial charge in [0.05, 0.1) is 9.95 Å². The third kappa shape index (κ3) is 2.51. The minimum absolute atomic E-state index is 0.0103. The van der Waals surface area contributed by atoms with E-state index in [4.69, 9.17) is 11.6 Å². The van der Waals surface area contributed by atoms with Gasteiger partial charge in [0.15, 0.2) is 11.6 Å². The zero-order chi connectivity index (χ0) is 15.7. The highest BCUT2D eigenvalue weighted by atomic mass is 35.5. The van der Waals surface area contributed by atoms with E-state index >= 15 is 0 Å². The van der Waals surface area contributed by atoms with Crippen molar-refractivity contribution in [2.45, 2.75) is 6.92 Å². The number of hydrogen-bond donors (Lipinski definition) is 0. The standard InChI is InChI=1S/C13H9ClN6O2/c1-8-2-3-9(6-11(8)20(21)22)13-16-17-18-19(13)12-5-4-10(14)7-15-12/h2-7H,1H3. The maximum atomic E-state index is 11.1. The molecule has 0 radical (unpaired) electrons. The first-order valence-electron chi connectivity index (χ1n) is 6.22. The third-order valence-electron chi connectivity index (χ3n) is 3.06. The van der Waals surface area contributed by atoms with Crippen LogP contribution in [0.5, 0.6) is 0 Å². The Morgan fingerprint density at radius 3 is 2.77 bits per heavy atom. The lowest BCUT2D eigenvalue weighted by Gasteiger charge is -2.04. The molecule has 110 valence electrons. The highest BCUT2D eigenvalue weighted by molar-refractivity contribution is 6.30. The summed E-state index contributed by atoms with van der Waals surface area (Å²) in [6.45, 7) is 1.67. The minimum atomic E-state index is -0.437. The van der Waals surface area contributed by atoms with Crippen molar-refractivity contribution < 1.29 is 4.92 Å². The van der Waals surface area contributed by atoms with E-state index < -0.39 is 4.92 Å². The molecule has 0 unspecified atom stereocenters. The molecule has 8 nitrogen and oxygen atoms in total. The second kappa shape index (κ2) is 5.49. The average Bonchev–Trinajstić information content (AvgIpc) is 2.97. The van der Waals surface area contributed by atoms with Gasteiger partial charge in [0.2, 0.25) is 0 Å². The molecular formula is C13H9ClN6O2. The predicted octanol–water partition coefficient (Wildman–Crippen LogP) is 2.59. The molecule has 1 aromatic carbocycles. The van der Waals surface area contributed by atoms with Crippen molar-refractivity contribution in [2.24, 2.45) is 0 Å². The fourth-order valence-corrected chi connectivity index (χ4v) is 2.07. The van der Waals surface area contributed by atoms with E-state index in [-0.39, 0.29) is 5.69 Å². The van der Waals surface area contributed by atoms with Gasteiger partial charge in [0, 0.05) is 23.4 Å². The predicted molar refractivity (Wildman–Crippen MR) is 78.8 cm³/mol. The monoisotopic (exact) mass is 316 g/mol. The largest absolute Gasteiger partial charge is 0.273 e. The van der Waals surface area contributed by atoms with Crippen molar-refractivity contribution >= 4 is 17.3 Å². The summed E-state index contributed by atoms with van der Waals surface area (Å²) >= 11 is 5.80. The third-order valence-corrected chi connectivity index (χ3v) is 3.29. The van der Waals surface area contributed by atoms with E-state index in [2.05, 4.69) is 20.5 Å². The molecule has 0 aliphatic carbocycles. The number of benzene rings is 1. The second-order valence-electron chi connectivity index (χ2n) is 4.51. The van der Waals surface area contributed by atoms with Crippen LogP contribution in [0.25, 0.3) is 17.2 Å². The Morgan fingerprint density at radius 2 is 2.09 bits per heavy atom. The molecule has 3 rings (SSSR count). The molecule has 2 heterocycles. The molecule has 2 aromatic heterocycles. The lowest BCUT2D eigenvalue weighted by atomic mass is 10.1. The van der Waals surface area contributed by atoms with Crippen molar-refractivity contribution in [3.05, 3.63) is 57.2 Å². The number of halogens is 1. The van der Waals surface area contributed by atoms with Crippen molar-refractivity contribution in [3.8, 4) is 17.2 Å². The molecule has 0 saturated heterocycles. The van der Waals surface area contributed by atoms with Gasteiger partial charge in [0.25, 0.3) is 5.69 Å². The Bertz CT molecular complexity index is 846. The van der Waals surface area contributed by atoms with Gasteiger partial charge in [-0.25, -0.2) is 4.98 Å². The molecule has 0 fully saturated rings. The molecule has 9 heteroatoms. The number of tetrazole rings is 1. The number of rotatable bonds is 3.